The number of piperazine rings is 1. The van der Waals surface area contributed by atoms with E-state index in [-0.39, 0.29) is 6.04 Å². The highest BCUT2D eigenvalue weighted by molar-refractivity contribution is 7.89. The molecule has 1 aliphatic heterocycles. The summed E-state index contributed by atoms with van der Waals surface area (Å²) in [6.45, 7) is 7.61. The molecule has 1 saturated heterocycles. The molecule has 6 heteroatoms. The molecule has 5 nitrogen and oxygen atoms in total. The van der Waals surface area contributed by atoms with Crippen LogP contribution in [0.15, 0.2) is 23.1 Å². The first kappa shape index (κ1) is 16.0. The molecule has 0 radical (unpaired) electrons. The molecule has 0 N–H and O–H groups in total. The van der Waals surface area contributed by atoms with Gasteiger partial charge in [-0.25, -0.2) is 8.42 Å². The van der Waals surface area contributed by atoms with Crippen LogP contribution in [0.2, 0.25) is 0 Å². The van der Waals surface area contributed by atoms with Crippen molar-refractivity contribution in [2.75, 3.05) is 26.2 Å². The van der Waals surface area contributed by atoms with E-state index in [4.69, 9.17) is 5.26 Å². The summed E-state index contributed by atoms with van der Waals surface area (Å²) in [6, 6.07) is 7.52. The predicted octanol–water partition coefficient (Wildman–Crippen LogP) is 1.52. The molecule has 21 heavy (non-hydrogen) atoms. The number of sulfonamides is 1. The monoisotopic (exact) mass is 307 g/mol. The SMILES string of the molecule is Cc1ccc(C)c(S(=O)(=O)N2CCN([C@H](C)C#N)CC2)c1. The molecular weight excluding hydrogens is 286 g/mol. The second-order valence-corrected chi connectivity index (χ2v) is 7.42. The maximum Gasteiger partial charge on any atom is 0.243 e. The minimum absolute atomic E-state index is 0.171. The molecule has 0 aliphatic carbocycles. The van der Waals surface area contributed by atoms with E-state index in [2.05, 4.69) is 6.07 Å². The zero-order valence-electron chi connectivity index (χ0n) is 12.7. The Morgan fingerprint density at radius 1 is 1.19 bits per heavy atom. The Balaban J connectivity index is 2.19. The Hall–Kier alpha value is -1.42. The molecule has 0 aromatic heterocycles. The number of hydrogen-bond acceptors (Lipinski definition) is 4. The van der Waals surface area contributed by atoms with Gasteiger partial charge >= 0.3 is 0 Å². The lowest BCUT2D eigenvalue weighted by Gasteiger charge is -2.35. The van der Waals surface area contributed by atoms with Crippen LogP contribution >= 0.6 is 0 Å². The summed E-state index contributed by atoms with van der Waals surface area (Å²) in [5.74, 6) is 0. The molecule has 2 rings (SSSR count). The van der Waals surface area contributed by atoms with E-state index in [0.717, 1.165) is 11.1 Å². The maximum absolute atomic E-state index is 12.7. The average molecular weight is 307 g/mol. The van der Waals surface area contributed by atoms with Gasteiger partial charge in [0.1, 0.15) is 0 Å². The van der Waals surface area contributed by atoms with Gasteiger partial charge in [-0.3, -0.25) is 4.90 Å². The van der Waals surface area contributed by atoms with Crippen molar-refractivity contribution in [3.05, 3.63) is 29.3 Å². The lowest BCUT2D eigenvalue weighted by atomic mass is 10.2. The van der Waals surface area contributed by atoms with Crippen molar-refractivity contribution in [1.82, 2.24) is 9.21 Å². The molecule has 1 aromatic rings. The van der Waals surface area contributed by atoms with Gasteiger partial charge in [-0.15, -0.1) is 0 Å². The van der Waals surface area contributed by atoms with E-state index in [9.17, 15) is 8.42 Å². The van der Waals surface area contributed by atoms with Gasteiger partial charge in [-0.2, -0.15) is 9.57 Å². The quantitative estimate of drug-likeness (QED) is 0.849. The zero-order valence-corrected chi connectivity index (χ0v) is 13.5. The Morgan fingerprint density at radius 3 is 2.38 bits per heavy atom. The topological polar surface area (TPSA) is 64.4 Å². The van der Waals surface area contributed by atoms with Gasteiger partial charge in [0, 0.05) is 26.2 Å². The molecular formula is C15H21N3O2S. The molecule has 1 aliphatic rings. The summed E-state index contributed by atoms with van der Waals surface area (Å²) >= 11 is 0. The fourth-order valence-corrected chi connectivity index (χ4v) is 4.27. The third kappa shape index (κ3) is 3.26. The van der Waals surface area contributed by atoms with Crippen molar-refractivity contribution in [2.24, 2.45) is 0 Å². The lowest BCUT2D eigenvalue weighted by Crippen LogP contribution is -2.51. The van der Waals surface area contributed by atoms with E-state index >= 15 is 0 Å². The molecule has 1 heterocycles. The fraction of sp³-hybridized carbons (Fsp3) is 0.533. The van der Waals surface area contributed by atoms with E-state index in [0.29, 0.717) is 31.1 Å². The second-order valence-electron chi connectivity index (χ2n) is 5.51. The van der Waals surface area contributed by atoms with Crippen molar-refractivity contribution in [1.29, 1.82) is 5.26 Å². The molecule has 114 valence electrons. The number of nitrogens with zero attached hydrogens (tertiary/aromatic N) is 3. The third-order valence-electron chi connectivity index (χ3n) is 3.97. The minimum atomic E-state index is -3.45. The zero-order chi connectivity index (χ0) is 15.6. The van der Waals surface area contributed by atoms with Crippen LogP contribution in [0.1, 0.15) is 18.1 Å². The van der Waals surface area contributed by atoms with Crippen molar-refractivity contribution < 1.29 is 8.42 Å². The first-order valence-corrected chi connectivity index (χ1v) is 8.51. The summed E-state index contributed by atoms with van der Waals surface area (Å²) in [5.41, 5.74) is 1.71. The third-order valence-corrected chi connectivity index (χ3v) is 6.01. The van der Waals surface area contributed by atoms with E-state index in [1.165, 1.54) is 4.31 Å². The highest BCUT2D eigenvalue weighted by Gasteiger charge is 2.30. The molecule has 1 atom stereocenters. The summed E-state index contributed by atoms with van der Waals surface area (Å²) < 4.78 is 27.0. The van der Waals surface area contributed by atoms with Gasteiger partial charge in [-0.05, 0) is 38.0 Å². The average Bonchev–Trinajstić information content (AvgIpc) is 2.49. The first-order valence-electron chi connectivity index (χ1n) is 7.07. The Morgan fingerprint density at radius 2 is 1.81 bits per heavy atom. The molecule has 0 spiro atoms. The van der Waals surface area contributed by atoms with Gasteiger partial charge in [0.2, 0.25) is 10.0 Å². The second kappa shape index (κ2) is 6.14. The van der Waals surface area contributed by atoms with Crippen LogP contribution in [0.4, 0.5) is 0 Å². The highest BCUT2D eigenvalue weighted by Crippen LogP contribution is 2.22. The van der Waals surface area contributed by atoms with Gasteiger partial charge < -0.3 is 0 Å². The number of hydrogen-bond donors (Lipinski definition) is 0. The van der Waals surface area contributed by atoms with E-state index in [1.54, 1.807) is 6.07 Å². The predicted molar refractivity (Wildman–Crippen MR) is 81.3 cm³/mol. The van der Waals surface area contributed by atoms with Crippen molar-refractivity contribution in [3.63, 3.8) is 0 Å². The van der Waals surface area contributed by atoms with Crippen LogP contribution in [-0.4, -0.2) is 49.8 Å². The van der Waals surface area contributed by atoms with Gasteiger partial charge in [0.15, 0.2) is 0 Å². The number of aryl methyl sites for hydroxylation is 2. The largest absolute Gasteiger partial charge is 0.286 e. The standard InChI is InChI=1S/C15H21N3O2S/c1-12-4-5-13(2)15(10-12)21(19,20)18-8-6-17(7-9-18)14(3)11-16/h4-5,10,14H,6-9H2,1-3H3/t14-/m1/s1. The molecule has 0 bridgehead atoms. The van der Waals surface area contributed by atoms with Crippen LogP contribution in [0, 0.1) is 25.2 Å². The van der Waals surface area contributed by atoms with Crippen LogP contribution in [-0.2, 0) is 10.0 Å². The van der Waals surface area contributed by atoms with Gasteiger partial charge in [0.25, 0.3) is 0 Å². The lowest BCUT2D eigenvalue weighted by molar-refractivity contribution is 0.169. The van der Waals surface area contributed by atoms with E-state index in [1.807, 2.05) is 37.8 Å². The number of nitriles is 1. The van der Waals surface area contributed by atoms with E-state index < -0.39 is 10.0 Å². The van der Waals surface area contributed by atoms with Gasteiger partial charge in [-0.1, -0.05) is 12.1 Å². The highest BCUT2D eigenvalue weighted by atomic mass is 32.2. The van der Waals surface area contributed by atoms with Crippen LogP contribution in [0.25, 0.3) is 0 Å². The smallest absolute Gasteiger partial charge is 0.243 e. The van der Waals surface area contributed by atoms with Crippen molar-refractivity contribution in [3.8, 4) is 6.07 Å². The molecule has 0 saturated carbocycles. The minimum Gasteiger partial charge on any atom is -0.286 e. The van der Waals surface area contributed by atoms with Crippen LogP contribution < -0.4 is 0 Å². The summed E-state index contributed by atoms with van der Waals surface area (Å²) in [6.07, 6.45) is 0. The first-order chi connectivity index (χ1) is 9.86. The maximum atomic E-state index is 12.7. The summed E-state index contributed by atoms with van der Waals surface area (Å²) in [4.78, 5) is 2.40. The Bertz CT molecular complexity index is 656. The Labute approximate surface area is 126 Å². The fourth-order valence-electron chi connectivity index (χ4n) is 2.54. The number of rotatable bonds is 3. The van der Waals surface area contributed by atoms with Gasteiger partial charge in [0.05, 0.1) is 17.0 Å². The summed E-state index contributed by atoms with van der Waals surface area (Å²) in [5, 5.41) is 8.93. The Kier molecular flexibility index (Phi) is 4.67. The van der Waals surface area contributed by atoms with Crippen molar-refractivity contribution in [2.45, 2.75) is 31.7 Å². The summed E-state index contributed by atoms with van der Waals surface area (Å²) in [7, 11) is -3.45. The molecule has 1 aromatic carbocycles. The molecule has 0 amide bonds. The van der Waals surface area contributed by atoms with Crippen LogP contribution in [0.5, 0.6) is 0 Å². The molecule has 1 fully saturated rings. The van der Waals surface area contributed by atoms with Crippen LogP contribution in [0.3, 0.4) is 0 Å². The van der Waals surface area contributed by atoms with Crippen molar-refractivity contribution >= 4 is 10.0 Å². The molecule has 0 unspecified atom stereocenters. The number of benzene rings is 1. The normalized spacial score (nSPS) is 19.1.